The van der Waals surface area contributed by atoms with Crippen molar-refractivity contribution in [1.29, 1.82) is 0 Å². The van der Waals surface area contributed by atoms with Gasteiger partial charge in [-0.3, -0.25) is 4.90 Å². The number of ether oxygens (including phenoxy) is 1. The van der Waals surface area contributed by atoms with Crippen LogP contribution in [0.15, 0.2) is 48.5 Å². The van der Waals surface area contributed by atoms with E-state index in [0.29, 0.717) is 17.7 Å². The molecule has 0 atom stereocenters. The first-order chi connectivity index (χ1) is 15.2. The van der Waals surface area contributed by atoms with E-state index in [1.54, 1.807) is 0 Å². The molecule has 3 aromatic rings. The van der Waals surface area contributed by atoms with Gasteiger partial charge in [0.25, 0.3) is 0 Å². The molecule has 2 aromatic heterocycles. The van der Waals surface area contributed by atoms with E-state index < -0.39 is 0 Å². The zero-order chi connectivity index (χ0) is 21.2. The number of aryl methyl sites for hydroxylation is 2. The molecule has 0 radical (unpaired) electrons. The molecule has 0 amide bonds. The molecule has 1 aromatic carbocycles. The maximum Gasteiger partial charge on any atom is 0.233 e. The summed E-state index contributed by atoms with van der Waals surface area (Å²) < 4.78 is 8.03. The van der Waals surface area contributed by atoms with Crippen molar-refractivity contribution in [2.75, 3.05) is 19.7 Å². The van der Waals surface area contributed by atoms with Crippen LogP contribution in [0, 0.1) is 19.8 Å². The number of nitrogens with zero attached hydrogens (tertiary/aromatic N) is 4. The molecule has 31 heavy (non-hydrogen) atoms. The highest BCUT2D eigenvalue weighted by molar-refractivity contribution is 5.32. The molecule has 0 spiro atoms. The third-order valence-corrected chi connectivity index (χ3v) is 6.88. The van der Waals surface area contributed by atoms with Crippen LogP contribution in [0.25, 0.3) is 5.82 Å². The quantitative estimate of drug-likeness (QED) is 0.540. The normalized spacial score (nSPS) is 21.2. The molecule has 5 heteroatoms. The van der Waals surface area contributed by atoms with Crippen molar-refractivity contribution in [1.82, 2.24) is 19.7 Å². The van der Waals surface area contributed by atoms with Gasteiger partial charge in [-0.15, -0.1) is 10.2 Å². The molecule has 2 aliphatic rings. The van der Waals surface area contributed by atoms with Crippen LogP contribution in [0.5, 0.6) is 5.88 Å². The highest BCUT2D eigenvalue weighted by atomic mass is 16.5. The number of likely N-dealkylation sites (tertiary alicyclic amines) is 1. The van der Waals surface area contributed by atoms with E-state index in [-0.39, 0.29) is 0 Å². The molecule has 1 saturated heterocycles. The Kier molecular flexibility index (Phi) is 5.77. The predicted octanol–water partition coefficient (Wildman–Crippen LogP) is 5.05. The Morgan fingerprint density at radius 2 is 1.58 bits per heavy atom. The molecule has 3 heterocycles. The standard InChI is InChI=1S/C26H32N4O/c1-19-5-6-20(2)30(19)25-11-12-26(28-27-25)31-18-22-15-24(16-22)23-9-7-21(8-10-23)17-29-13-3-4-14-29/h5-12,22,24H,3-4,13-18H2,1-2H3. The average molecular weight is 417 g/mol. The monoisotopic (exact) mass is 416 g/mol. The first kappa shape index (κ1) is 20.3. The van der Waals surface area contributed by atoms with Crippen molar-refractivity contribution in [3.63, 3.8) is 0 Å². The summed E-state index contributed by atoms with van der Waals surface area (Å²) in [6, 6.07) is 17.4. The van der Waals surface area contributed by atoms with E-state index in [0.717, 1.165) is 30.4 Å². The highest BCUT2D eigenvalue weighted by Crippen LogP contribution is 2.41. The molecule has 162 valence electrons. The lowest BCUT2D eigenvalue weighted by Gasteiger charge is -2.35. The summed E-state index contributed by atoms with van der Waals surface area (Å²) in [5.74, 6) is 2.72. The van der Waals surface area contributed by atoms with Crippen LogP contribution < -0.4 is 4.74 Å². The van der Waals surface area contributed by atoms with Gasteiger partial charge in [-0.1, -0.05) is 24.3 Å². The van der Waals surface area contributed by atoms with Gasteiger partial charge in [-0.2, -0.15) is 0 Å². The molecule has 0 N–H and O–H groups in total. The molecule has 5 rings (SSSR count). The largest absolute Gasteiger partial charge is 0.476 e. The zero-order valence-electron chi connectivity index (χ0n) is 18.6. The van der Waals surface area contributed by atoms with Crippen LogP contribution in [-0.2, 0) is 6.54 Å². The van der Waals surface area contributed by atoms with Crippen LogP contribution in [0.4, 0.5) is 0 Å². The van der Waals surface area contributed by atoms with E-state index in [4.69, 9.17) is 4.74 Å². The minimum atomic E-state index is 0.602. The fourth-order valence-corrected chi connectivity index (χ4v) is 4.98. The summed E-state index contributed by atoms with van der Waals surface area (Å²) >= 11 is 0. The van der Waals surface area contributed by atoms with Crippen molar-refractivity contribution >= 4 is 0 Å². The van der Waals surface area contributed by atoms with Gasteiger partial charge in [-0.25, -0.2) is 0 Å². The Hall–Kier alpha value is -2.66. The first-order valence-electron chi connectivity index (χ1n) is 11.6. The summed E-state index contributed by atoms with van der Waals surface area (Å²) in [6.07, 6.45) is 5.09. The third kappa shape index (κ3) is 4.52. The topological polar surface area (TPSA) is 43.2 Å². The Bertz CT molecular complexity index is 977. The second kappa shape index (κ2) is 8.83. The lowest BCUT2D eigenvalue weighted by Crippen LogP contribution is -2.27. The van der Waals surface area contributed by atoms with E-state index in [9.17, 15) is 0 Å². The Labute approximate surface area is 185 Å². The van der Waals surface area contributed by atoms with Crippen LogP contribution in [0.3, 0.4) is 0 Å². The molecule has 5 nitrogen and oxygen atoms in total. The molecule has 1 aliphatic heterocycles. The SMILES string of the molecule is Cc1ccc(C)n1-c1ccc(OCC2CC(c3ccc(CN4CCCC4)cc3)C2)nn1. The fraction of sp³-hybridized carbons (Fsp3) is 0.462. The van der Waals surface area contributed by atoms with E-state index in [1.807, 2.05) is 12.1 Å². The highest BCUT2D eigenvalue weighted by Gasteiger charge is 2.30. The van der Waals surface area contributed by atoms with Crippen LogP contribution in [0.1, 0.15) is 54.1 Å². The number of aromatic nitrogens is 3. The summed E-state index contributed by atoms with van der Waals surface area (Å²) in [5, 5.41) is 8.64. The van der Waals surface area contributed by atoms with Crippen LogP contribution in [0.2, 0.25) is 0 Å². The molecule has 1 aliphatic carbocycles. The summed E-state index contributed by atoms with van der Waals surface area (Å²) in [5.41, 5.74) is 5.23. The summed E-state index contributed by atoms with van der Waals surface area (Å²) in [6.45, 7) is 8.49. The van der Waals surface area contributed by atoms with Gasteiger partial charge in [0, 0.05) is 24.0 Å². The van der Waals surface area contributed by atoms with Gasteiger partial charge in [0.15, 0.2) is 5.82 Å². The van der Waals surface area contributed by atoms with Crippen molar-refractivity contribution in [3.05, 3.63) is 71.0 Å². The molecule has 1 saturated carbocycles. The second-order valence-electron chi connectivity index (χ2n) is 9.25. The summed E-state index contributed by atoms with van der Waals surface area (Å²) in [7, 11) is 0. The fourth-order valence-electron chi connectivity index (χ4n) is 4.98. The average Bonchev–Trinajstić information content (AvgIpc) is 3.38. The minimum absolute atomic E-state index is 0.602. The van der Waals surface area contributed by atoms with E-state index in [1.165, 1.54) is 49.9 Å². The Balaban J connectivity index is 1.09. The van der Waals surface area contributed by atoms with Crippen molar-refractivity contribution < 1.29 is 4.74 Å². The van der Waals surface area contributed by atoms with Gasteiger partial charge < -0.3 is 9.30 Å². The number of rotatable bonds is 7. The zero-order valence-corrected chi connectivity index (χ0v) is 18.6. The van der Waals surface area contributed by atoms with Crippen molar-refractivity contribution in [2.45, 2.75) is 52.0 Å². The van der Waals surface area contributed by atoms with Gasteiger partial charge in [0.05, 0.1) is 6.61 Å². The molecular weight excluding hydrogens is 384 g/mol. The maximum atomic E-state index is 5.93. The lowest BCUT2D eigenvalue weighted by atomic mass is 9.72. The van der Waals surface area contributed by atoms with Crippen LogP contribution in [-0.4, -0.2) is 39.4 Å². The Morgan fingerprint density at radius 1 is 0.871 bits per heavy atom. The van der Waals surface area contributed by atoms with Crippen LogP contribution >= 0.6 is 0 Å². The molecule has 2 fully saturated rings. The molecule has 0 bridgehead atoms. The first-order valence-corrected chi connectivity index (χ1v) is 11.6. The number of hydrogen-bond acceptors (Lipinski definition) is 4. The smallest absolute Gasteiger partial charge is 0.233 e. The van der Waals surface area contributed by atoms with Gasteiger partial charge in [0.1, 0.15) is 0 Å². The number of hydrogen-bond donors (Lipinski definition) is 0. The maximum absolute atomic E-state index is 5.93. The van der Waals surface area contributed by atoms with Gasteiger partial charge in [0.2, 0.25) is 5.88 Å². The lowest BCUT2D eigenvalue weighted by molar-refractivity contribution is 0.153. The van der Waals surface area contributed by atoms with Gasteiger partial charge >= 0.3 is 0 Å². The van der Waals surface area contributed by atoms with Gasteiger partial charge in [-0.05, 0) is 93.8 Å². The molecule has 0 unspecified atom stereocenters. The van der Waals surface area contributed by atoms with Crippen molar-refractivity contribution in [2.24, 2.45) is 5.92 Å². The molecular formula is C26H32N4O. The third-order valence-electron chi connectivity index (χ3n) is 6.88. The number of benzene rings is 1. The van der Waals surface area contributed by atoms with Crippen molar-refractivity contribution in [3.8, 4) is 11.7 Å². The summed E-state index contributed by atoms with van der Waals surface area (Å²) in [4.78, 5) is 2.56. The minimum Gasteiger partial charge on any atom is -0.476 e. The van der Waals surface area contributed by atoms with E-state index >= 15 is 0 Å². The van der Waals surface area contributed by atoms with E-state index in [2.05, 4.69) is 69.9 Å². The predicted molar refractivity (Wildman–Crippen MR) is 123 cm³/mol. The Morgan fingerprint density at radius 3 is 2.23 bits per heavy atom. The second-order valence-corrected chi connectivity index (χ2v) is 9.25.